The number of nitrogens with zero attached hydrogens (tertiary/aromatic N) is 1. The lowest BCUT2D eigenvalue weighted by Crippen LogP contribution is -2.37. The molecule has 0 rings (SSSR count). The summed E-state index contributed by atoms with van der Waals surface area (Å²) in [5.41, 5.74) is 0. The molecule has 0 aromatic rings. The molecule has 1 unspecified atom stereocenters. The van der Waals surface area contributed by atoms with E-state index >= 15 is 0 Å². The monoisotopic (exact) mass is 827 g/mol. The van der Waals surface area contributed by atoms with Crippen LogP contribution in [0.25, 0.3) is 0 Å². The van der Waals surface area contributed by atoms with Crippen LogP contribution in [0.1, 0.15) is 206 Å². The van der Waals surface area contributed by atoms with Crippen LogP contribution < -0.4 is 0 Å². The summed E-state index contributed by atoms with van der Waals surface area (Å²) in [6.07, 6.45) is 48.9. The summed E-state index contributed by atoms with van der Waals surface area (Å²) in [5.74, 6) is -0.332. The van der Waals surface area contributed by atoms with E-state index in [2.05, 4.69) is 50.3 Å². The number of carbonyl (C=O) groups excluding carboxylic acids is 1. The number of phosphoric ester groups is 1. The number of likely N-dealkylation sites (N-methyl/N-ethyl adjacent to an activating group) is 1. The van der Waals surface area contributed by atoms with E-state index in [1.165, 1.54) is 128 Å². The number of quaternary nitrogens is 1. The maximum absolute atomic E-state index is 12.7. The van der Waals surface area contributed by atoms with Crippen molar-refractivity contribution in [1.29, 1.82) is 0 Å². The van der Waals surface area contributed by atoms with E-state index in [0.29, 0.717) is 24.1 Å². The Balaban J connectivity index is 4.22. The van der Waals surface area contributed by atoms with Crippen molar-refractivity contribution in [3.05, 3.63) is 36.5 Å². The first-order valence-corrected chi connectivity index (χ1v) is 25.2. The van der Waals surface area contributed by atoms with Gasteiger partial charge in [0.05, 0.1) is 34.4 Å². The first-order chi connectivity index (χ1) is 27.6. The predicted molar refractivity (Wildman–Crippen MR) is 243 cm³/mol. The van der Waals surface area contributed by atoms with E-state index in [1.807, 2.05) is 21.1 Å². The summed E-state index contributed by atoms with van der Waals surface area (Å²) >= 11 is 0. The Morgan fingerprint density at radius 3 is 1.47 bits per heavy atom. The fraction of sp³-hybridized carbons (Fsp3) is 0.854. The van der Waals surface area contributed by atoms with Crippen molar-refractivity contribution in [3.8, 4) is 0 Å². The molecule has 0 heterocycles. The van der Waals surface area contributed by atoms with Gasteiger partial charge in [0.25, 0.3) is 0 Å². The van der Waals surface area contributed by atoms with Crippen LogP contribution in [0, 0.1) is 0 Å². The average molecular weight is 827 g/mol. The first-order valence-electron chi connectivity index (χ1n) is 23.7. The molecule has 0 aliphatic heterocycles. The number of unbranched alkanes of at least 4 members (excludes halogenated alkanes) is 24. The lowest BCUT2D eigenvalue weighted by molar-refractivity contribution is -0.870. The molecule has 0 aromatic carbocycles. The van der Waals surface area contributed by atoms with Crippen LogP contribution in [-0.4, -0.2) is 75.6 Å². The van der Waals surface area contributed by atoms with Gasteiger partial charge in [0.2, 0.25) is 0 Å². The van der Waals surface area contributed by atoms with Crippen LogP contribution >= 0.6 is 7.82 Å². The number of esters is 1. The van der Waals surface area contributed by atoms with Crippen LogP contribution in [0.3, 0.4) is 0 Å². The molecule has 0 amide bonds. The van der Waals surface area contributed by atoms with Gasteiger partial charge >= 0.3 is 13.8 Å². The van der Waals surface area contributed by atoms with Crippen LogP contribution in [-0.2, 0) is 27.9 Å². The van der Waals surface area contributed by atoms with Crippen LogP contribution in [0.4, 0.5) is 0 Å². The summed E-state index contributed by atoms with van der Waals surface area (Å²) in [6, 6.07) is 0. The molecule has 0 aliphatic rings. The fourth-order valence-electron chi connectivity index (χ4n) is 6.50. The summed E-state index contributed by atoms with van der Waals surface area (Å²) < 4.78 is 35.1. The highest BCUT2D eigenvalue weighted by atomic mass is 31.2. The van der Waals surface area contributed by atoms with Crippen molar-refractivity contribution in [2.75, 3.05) is 54.1 Å². The molecule has 1 N–H and O–H groups in total. The predicted octanol–water partition coefficient (Wildman–Crippen LogP) is 14.2. The maximum atomic E-state index is 12.7. The third kappa shape index (κ3) is 45.7. The third-order valence-corrected chi connectivity index (χ3v) is 11.2. The largest absolute Gasteiger partial charge is 0.472 e. The van der Waals surface area contributed by atoms with Crippen LogP contribution in [0.5, 0.6) is 0 Å². The molecule has 57 heavy (non-hydrogen) atoms. The van der Waals surface area contributed by atoms with E-state index < -0.39 is 13.9 Å². The number of hydrogen-bond acceptors (Lipinski definition) is 6. The van der Waals surface area contributed by atoms with Gasteiger partial charge in [-0.15, -0.1) is 0 Å². The SMILES string of the molecule is CCCCC/C=C\C/C=C\C/C=C\CCCCCCC(=O)O[C@H](COCCCCCCCCCCCCCCCCCCCC)COP(=O)(O)OCC[N+](C)(C)C. The van der Waals surface area contributed by atoms with Crippen molar-refractivity contribution in [1.82, 2.24) is 0 Å². The van der Waals surface area contributed by atoms with E-state index in [4.69, 9.17) is 18.5 Å². The number of ether oxygens (including phenoxy) is 2. The highest BCUT2D eigenvalue weighted by Gasteiger charge is 2.26. The molecule has 336 valence electrons. The average Bonchev–Trinajstić information content (AvgIpc) is 3.16. The maximum Gasteiger partial charge on any atom is 0.472 e. The zero-order valence-electron chi connectivity index (χ0n) is 38.1. The molecule has 0 radical (unpaired) electrons. The molecule has 0 aliphatic carbocycles. The van der Waals surface area contributed by atoms with Gasteiger partial charge in [-0.1, -0.05) is 185 Å². The molecular formula is C48H93NO7P+. The number of carbonyl (C=O) groups is 1. The molecule has 0 bridgehead atoms. The molecule has 0 aromatic heterocycles. The lowest BCUT2D eigenvalue weighted by Gasteiger charge is -2.24. The second kappa shape index (κ2) is 41.5. The number of allylic oxidation sites excluding steroid dienone is 6. The third-order valence-electron chi connectivity index (χ3n) is 10.2. The normalized spacial score (nSPS) is 14.0. The molecule has 0 fully saturated rings. The van der Waals surface area contributed by atoms with Gasteiger partial charge in [-0.2, -0.15) is 0 Å². The Labute approximate surface area is 353 Å². The Kier molecular flexibility index (Phi) is 40.5. The number of phosphoric acid groups is 1. The molecule has 9 heteroatoms. The second-order valence-corrected chi connectivity index (χ2v) is 18.6. The topological polar surface area (TPSA) is 91.3 Å². The molecule has 0 saturated heterocycles. The van der Waals surface area contributed by atoms with Crippen LogP contribution in [0.15, 0.2) is 36.5 Å². The van der Waals surface area contributed by atoms with E-state index in [0.717, 1.165) is 57.8 Å². The van der Waals surface area contributed by atoms with E-state index in [1.54, 1.807) is 0 Å². The highest BCUT2D eigenvalue weighted by Crippen LogP contribution is 2.43. The van der Waals surface area contributed by atoms with Gasteiger partial charge in [-0.05, 0) is 51.4 Å². The van der Waals surface area contributed by atoms with E-state index in [9.17, 15) is 14.3 Å². The van der Waals surface area contributed by atoms with Crippen molar-refractivity contribution in [3.63, 3.8) is 0 Å². The van der Waals surface area contributed by atoms with Crippen molar-refractivity contribution in [2.45, 2.75) is 213 Å². The van der Waals surface area contributed by atoms with E-state index in [-0.39, 0.29) is 25.8 Å². The number of hydrogen-bond donors (Lipinski definition) is 1. The van der Waals surface area contributed by atoms with Crippen molar-refractivity contribution < 1.29 is 37.3 Å². The van der Waals surface area contributed by atoms with Gasteiger partial charge in [0.15, 0.2) is 0 Å². The Morgan fingerprint density at radius 1 is 0.544 bits per heavy atom. The van der Waals surface area contributed by atoms with Crippen molar-refractivity contribution >= 4 is 13.8 Å². The summed E-state index contributed by atoms with van der Waals surface area (Å²) in [5, 5.41) is 0. The molecular weight excluding hydrogens is 734 g/mol. The number of rotatable bonds is 44. The molecule has 0 saturated carbocycles. The zero-order valence-corrected chi connectivity index (χ0v) is 39.0. The fourth-order valence-corrected chi connectivity index (χ4v) is 7.24. The van der Waals surface area contributed by atoms with Crippen molar-refractivity contribution in [2.24, 2.45) is 0 Å². The Hall–Kier alpha value is -1.28. The zero-order chi connectivity index (χ0) is 42.0. The molecule has 0 spiro atoms. The lowest BCUT2D eigenvalue weighted by atomic mass is 10.0. The quantitative estimate of drug-likeness (QED) is 0.0215. The minimum atomic E-state index is -4.28. The standard InChI is InChI=1S/C48H92NO7P/c1-6-8-10-12-14-16-18-20-22-24-26-28-30-32-34-36-38-40-43-53-45-47(46-55-57(51,52)54-44-42-49(3,4)5)56-48(50)41-39-37-35-33-31-29-27-25-23-21-19-17-15-13-11-9-7-2/h15,17,21,23,27,29,47H,6-14,16,18-20,22,24-26,28,30-46H2,1-5H3/p+1/b17-15-,23-21-,29-27-/t47-/m1/s1. The summed E-state index contributed by atoms with van der Waals surface area (Å²) in [6.45, 7) is 5.59. The highest BCUT2D eigenvalue weighted by molar-refractivity contribution is 7.47. The Morgan fingerprint density at radius 2 is 0.965 bits per heavy atom. The van der Waals surface area contributed by atoms with Gasteiger partial charge in [-0.25, -0.2) is 4.57 Å². The van der Waals surface area contributed by atoms with Gasteiger partial charge in [-0.3, -0.25) is 13.8 Å². The minimum Gasteiger partial charge on any atom is -0.457 e. The minimum absolute atomic E-state index is 0.0849. The van der Waals surface area contributed by atoms with Gasteiger partial charge < -0.3 is 18.9 Å². The smallest absolute Gasteiger partial charge is 0.457 e. The summed E-state index contributed by atoms with van der Waals surface area (Å²) in [7, 11) is 1.66. The van der Waals surface area contributed by atoms with Gasteiger partial charge in [0.1, 0.15) is 19.3 Å². The van der Waals surface area contributed by atoms with Crippen LogP contribution in [0.2, 0.25) is 0 Å². The van der Waals surface area contributed by atoms with Gasteiger partial charge in [0, 0.05) is 13.0 Å². The Bertz CT molecular complexity index is 1010. The summed E-state index contributed by atoms with van der Waals surface area (Å²) in [4.78, 5) is 22.9. The molecule has 8 nitrogen and oxygen atoms in total. The first kappa shape index (κ1) is 55.7. The molecule has 2 atom stereocenters. The second-order valence-electron chi connectivity index (χ2n) is 17.1.